The smallest absolute Gasteiger partial charge is 0.257 e. The van der Waals surface area contributed by atoms with Gasteiger partial charge in [-0.15, -0.1) is 10.2 Å². The van der Waals surface area contributed by atoms with Crippen molar-refractivity contribution in [3.05, 3.63) is 64.1 Å². The average molecular weight is 498 g/mol. The van der Waals surface area contributed by atoms with Crippen molar-refractivity contribution in [3.8, 4) is 0 Å². The van der Waals surface area contributed by atoms with Gasteiger partial charge in [-0.1, -0.05) is 36.3 Å². The first-order valence-electron chi connectivity index (χ1n) is 11.0. The third kappa shape index (κ3) is 5.78. The van der Waals surface area contributed by atoms with Crippen LogP contribution < -0.4 is 15.5 Å². The Bertz CT molecular complexity index is 1180. The van der Waals surface area contributed by atoms with E-state index in [1.807, 2.05) is 19.1 Å². The molecule has 2 N–H and O–H groups in total. The number of carbonyl (C=O) groups is 3. The zero-order valence-corrected chi connectivity index (χ0v) is 20.2. The third-order valence-corrected chi connectivity index (χ3v) is 6.72. The molecule has 1 atom stereocenters. The first-order chi connectivity index (χ1) is 16.4. The van der Waals surface area contributed by atoms with Gasteiger partial charge in [0.1, 0.15) is 5.01 Å². The predicted octanol–water partition coefficient (Wildman–Crippen LogP) is 5.09. The first kappa shape index (κ1) is 23.8. The molecule has 3 aromatic rings. The monoisotopic (exact) mass is 497 g/mol. The van der Waals surface area contributed by atoms with Gasteiger partial charge in [0.05, 0.1) is 0 Å². The van der Waals surface area contributed by atoms with E-state index in [4.69, 9.17) is 11.6 Å². The summed E-state index contributed by atoms with van der Waals surface area (Å²) in [6.07, 6.45) is 2.60. The van der Waals surface area contributed by atoms with Gasteiger partial charge in [0.15, 0.2) is 0 Å². The lowest BCUT2D eigenvalue weighted by atomic mass is 10.1. The van der Waals surface area contributed by atoms with Crippen LogP contribution in [0.15, 0.2) is 48.5 Å². The molecule has 0 unspecified atom stereocenters. The Balaban J connectivity index is 1.34. The molecule has 34 heavy (non-hydrogen) atoms. The highest BCUT2D eigenvalue weighted by atomic mass is 35.5. The topological polar surface area (TPSA) is 104 Å². The summed E-state index contributed by atoms with van der Waals surface area (Å²) in [6, 6.07) is 13.8. The Kier molecular flexibility index (Phi) is 7.54. The van der Waals surface area contributed by atoms with E-state index in [0.717, 1.165) is 18.5 Å². The molecule has 1 aliphatic heterocycles. The van der Waals surface area contributed by atoms with Gasteiger partial charge in [-0.05, 0) is 55.0 Å². The molecular formula is C24H24ClN5O3S. The number of carbonyl (C=O) groups excluding carboxylic acids is 3. The van der Waals surface area contributed by atoms with Crippen LogP contribution in [0, 0.1) is 0 Å². The number of nitrogens with zero attached hydrogens (tertiary/aromatic N) is 3. The van der Waals surface area contributed by atoms with Crippen molar-refractivity contribution >= 4 is 57.2 Å². The standard InChI is InChI=1S/C24H24ClN5O3S/c1-2-3-4-20(31)26-18-9-5-15(6-10-18)22(33)27-24-29-28-23(34-24)16-13-21(32)30(14-16)19-11-7-17(25)8-12-19/h5-12,16H,2-4,13-14H2,1H3,(H,26,31)(H,27,29,33)/t16-/m1/s1. The van der Waals surface area contributed by atoms with Crippen molar-refractivity contribution in [2.24, 2.45) is 0 Å². The van der Waals surface area contributed by atoms with Gasteiger partial charge in [-0.25, -0.2) is 0 Å². The maximum absolute atomic E-state index is 12.6. The Morgan fingerprint density at radius 1 is 1.09 bits per heavy atom. The Morgan fingerprint density at radius 2 is 1.82 bits per heavy atom. The second-order valence-electron chi connectivity index (χ2n) is 8.01. The van der Waals surface area contributed by atoms with Crippen LogP contribution in [0.25, 0.3) is 0 Å². The fourth-order valence-electron chi connectivity index (χ4n) is 3.63. The van der Waals surface area contributed by atoms with Crippen LogP contribution in [0.4, 0.5) is 16.5 Å². The van der Waals surface area contributed by atoms with Gasteiger partial charge in [0.2, 0.25) is 16.9 Å². The minimum Gasteiger partial charge on any atom is -0.326 e. The summed E-state index contributed by atoms with van der Waals surface area (Å²) in [6.45, 7) is 2.53. The molecule has 0 saturated carbocycles. The van der Waals surface area contributed by atoms with Crippen LogP contribution in [0.2, 0.25) is 5.02 Å². The van der Waals surface area contributed by atoms with Crippen LogP contribution in [0.3, 0.4) is 0 Å². The normalized spacial score (nSPS) is 15.4. The lowest BCUT2D eigenvalue weighted by molar-refractivity contribution is -0.117. The van der Waals surface area contributed by atoms with Crippen LogP contribution in [-0.2, 0) is 9.59 Å². The van der Waals surface area contributed by atoms with E-state index in [2.05, 4.69) is 20.8 Å². The zero-order valence-electron chi connectivity index (χ0n) is 18.6. The molecule has 2 heterocycles. The Morgan fingerprint density at radius 3 is 2.53 bits per heavy atom. The average Bonchev–Trinajstić information content (AvgIpc) is 3.45. The second kappa shape index (κ2) is 10.8. The Labute approximate surface area is 206 Å². The van der Waals surface area contributed by atoms with Crippen LogP contribution >= 0.6 is 22.9 Å². The highest BCUT2D eigenvalue weighted by molar-refractivity contribution is 7.15. The Hall–Kier alpha value is -3.30. The van der Waals surface area contributed by atoms with Crippen molar-refractivity contribution in [2.75, 3.05) is 22.1 Å². The molecule has 0 spiro atoms. The molecule has 1 aromatic heterocycles. The summed E-state index contributed by atoms with van der Waals surface area (Å²) in [7, 11) is 0. The second-order valence-corrected chi connectivity index (χ2v) is 9.46. The summed E-state index contributed by atoms with van der Waals surface area (Å²) < 4.78 is 0. The van der Waals surface area contributed by atoms with E-state index in [0.29, 0.717) is 45.8 Å². The quantitative estimate of drug-likeness (QED) is 0.451. The minimum absolute atomic E-state index is 0.00924. The SMILES string of the molecule is CCCCC(=O)Nc1ccc(C(=O)Nc2nnc([C@@H]3CC(=O)N(c4ccc(Cl)cc4)C3)s2)cc1. The fourth-order valence-corrected chi connectivity index (χ4v) is 4.58. The number of halogens is 1. The van der Waals surface area contributed by atoms with Crippen molar-refractivity contribution in [2.45, 2.75) is 38.5 Å². The molecule has 0 radical (unpaired) electrons. The van der Waals surface area contributed by atoms with Crippen LogP contribution in [0.5, 0.6) is 0 Å². The van der Waals surface area contributed by atoms with E-state index in [1.54, 1.807) is 41.3 Å². The van der Waals surface area contributed by atoms with E-state index in [9.17, 15) is 14.4 Å². The molecule has 10 heteroatoms. The van der Waals surface area contributed by atoms with Crippen LogP contribution in [-0.4, -0.2) is 34.5 Å². The van der Waals surface area contributed by atoms with Gasteiger partial charge >= 0.3 is 0 Å². The maximum Gasteiger partial charge on any atom is 0.257 e. The number of amides is 3. The highest BCUT2D eigenvalue weighted by Gasteiger charge is 2.34. The molecule has 0 aliphatic carbocycles. The number of hydrogen-bond acceptors (Lipinski definition) is 6. The van der Waals surface area contributed by atoms with E-state index in [-0.39, 0.29) is 23.6 Å². The van der Waals surface area contributed by atoms with Gasteiger partial charge in [-0.3, -0.25) is 19.7 Å². The molecule has 1 fully saturated rings. The van der Waals surface area contributed by atoms with Gasteiger partial charge in [-0.2, -0.15) is 0 Å². The summed E-state index contributed by atoms with van der Waals surface area (Å²) in [4.78, 5) is 38.7. The number of rotatable bonds is 8. The number of hydrogen-bond donors (Lipinski definition) is 2. The number of aromatic nitrogens is 2. The fraction of sp³-hybridized carbons (Fsp3) is 0.292. The van der Waals surface area contributed by atoms with Crippen molar-refractivity contribution in [3.63, 3.8) is 0 Å². The maximum atomic E-state index is 12.6. The lowest BCUT2D eigenvalue weighted by Gasteiger charge is -2.16. The van der Waals surface area contributed by atoms with Gasteiger partial charge in [0, 0.05) is 47.3 Å². The number of anilines is 3. The molecule has 2 aromatic carbocycles. The number of unbranched alkanes of at least 4 members (excludes halogenated alkanes) is 1. The summed E-state index contributed by atoms with van der Waals surface area (Å²) in [5.74, 6) is -0.450. The molecule has 176 valence electrons. The largest absolute Gasteiger partial charge is 0.326 e. The summed E-state index contributed by atoms with van der Waals surface area (Å²) in [5.41, 5.74) is 1.88. The van der Waals surface area contributed by atoms with Gasteiger partial charge in [0.25, 0.3) is 5.91 Å². The van der Waals surface area contributed by atoms with Crippen molar-refractivity contribution in [1.29, 1.82) is 0 Å². The molecule has 0 bridgehead atoms. The molecule has 4 rings (SSSR count). The predicted molar refractivity (Wildman–Crippen MR) is 134 cm³/mol. The first-order valence-corrected chi connectivity index (χ1v) is 12.2. The van der Waals surface area contributed by atoms with E-state index in [1.165, 1.54) is 11.3 Å². The summed E-state index contributed by atoms with van der Waals surface area (Å²) in [5, 5.41) is 15.5. The highest BCUT2D eigenvalue weighted by Crippen LogP contribution is 2.34. The van der Waals surface area contributed by atoms with E-state index < -0.39 is 0 Å². The number of benzene rings is 2. The van der Waals surface area contributed by atoms with E-state index >= 15 is 0 Å². The molecule has 3 amide bonds. The van der Waals surface area contributed by atoms with Crippen molar-refractivity contribution < 1.29 is 14.4 Å². The van der Waals surface area contributed by atoms with Crippen molar-refractivity contribution in [1.82, 2.24) is 10.2 Å². The lowest BCUT2D eigenvalue weighted by Crippen LogP contribution is -2.24. The molecule has 8 nitrogen and oxygen atoms in total. The van der Waals surface area contributed by atoms with Gasteiger partial charge < -0.3 is 10.2 Å². The third-order valence-electron chi connectivity index (χ3n) is 5.46. The summed E-state index contributed by atoms with van der Waals surface area (Å²) >= 11 is 7.20. The van der Waals surface area contributed by atoms with Crippen LogP contribution in [0.1, 0.15) is 53.9 Å². The molecular weight excluding hydrogens is 474 g/mol. The molecule has 1 aliphatic rings. The number of nitrogens with one attached hydrogen (secondary N) is 2. The minimum atomic E-state index is -0.322. The zero-order chi connectivity index (χ0) is 24.1. The molecule has 1 saturated heterocycles.